The van der Waals surface area contributed by atoms with Crippen molar-refractivity contribution >= 4 is 24.1 Å². The molecule has 2 saturated heterocycles. The molecule has 0 spiro atoms. The monoisotopic (exact) mass is 365 g/mol. The minimum absolute atomic E-state index is 0.512. The molecular formula is C20H27N7. The van der Waals surface area contributed by atoms with Crippen LogP contribution >= 0.6 is 0 Å². The maximum atomic E-state index is 4.78. The minimum atomic E-state index is 0.512. The van der Waals surface area contributed by atoms with Gasteiger partial charge in [0, 0.05) is 26.2 Å². The number of hydrogen-bond donors (Lipinski definition) is 1. The molecule has 2 aliphatic heterocycles. The van der Waals surface area contributed by atoms with Crippen molar-refractivity contribution in [2.75, 3.05) is 41.4 Å². The Morgan fingerprint density at radius 2 is 1.30 bits per heavy atom. The lowest BCUT2D eigenvalue weighted by atomic mass is 10.1. The molecule has 142 valence electrons. The van der Waals surface area contributed by atoms with Crippen molar-refractivity contribution in [2.45, 2.75) is 38.5 Å². The smallest absolute Gasteiger partial charge is 0.250 e. The molecule has 4 rings (SSSR count). The van der Waals surface area contributed by atoms with Crippen molar-refractivity contribution < 1.29 is 0 Å². The van der Waals surface area contributed by atoms with Gasteiger partial charge in [-0.3, -0.25) is 0 Å². The van der Waals surface area contributed by atoms with Gasteiger partial charge in [0.1, 0.15) is 0 Å². The van der Waals surface area contributed by atoms with Crippen LogP contribution in [-0.2, 0) is 0 Å². The van der Waals surface area contributed by atoms with E-state index in [9.17, 15) is 0 Å². The highest BCUT2D eigenvalue weighted by molar-refractivity contribution is 5.79. The van der Waals surface area contributed by atoms with Crippen molar-refractivity contribution in [3.8, 4) is 0 Å². The first kappa shape index (κ1) is 17.7. The summed E-state index contributed by atoms with van der Waals surface area (Å²) in [4.78, 5) is 18.6. The van der Waals surface area contributed by atoms with Crippen molar-refractivity contribution in [3.05, 3.63) is 35.9 Å². The molecule has 27 heavy (non-hydrogen) atoms. The number of nitrogens with one attached hydrogen (secondary N) is 1. The van der Waals surface area contributed by atoms with Crippen LogP contribution in [-0.4, -0.2) is 47.3 Å². The molecule has 0 bridgehead atoms. The summed E-state index contributed by atoms with van der Waals surface area (Å²) in [6.07, 6.45) is 9.13. The normalized spacial score (nSPS) is 18.1. The van der Waals surface area contributed by atoms with E-state index in [-0.39, 0.29) is 0 Å². The van der Waals surface area contributed by atoms with Crippen LogP contribution in [0.25, 0.3) is 0 Å². The predicted octanol–water partition coefficient (Wildman–Crippen LogP) is 3.30. The number of aromatic nitrogens is 3. The number of benzene rings is 1. The average molecular weight is 365 g/mol. The van der Waals surface area contributed by atoms with E-state index in [0.717, 1.165) is 43.6 Å². The van der Waals surface area contributed by atoms with Gasteiger partial charge in [-0.25, -0.2) is 5.43 Å². The lowest BCUT2D eigenvalue weighted by Gasteiger charge is -2.30. The van der Waals surface area contributed by atoms with Gasteiger partial charge in [-0.15, -0.1) is 0 Å². The van der Waals surface area contributed by atoms with Gasteiger partial charge < -0.3 is 9.80 Å². The summed E-state index contributed by atoms with van der Waals surface area (Å²) in [5, 5.41) is 4.32. The SMILES string of the molecule is C(=NNc1nc(N2CCCCC2)nc(N2CCCCC2)n1)c1ccccc1. The van der Waals surface area contributed by atoms with Gasteiger partial charge in [0.05, 0.1) is 6.21 Å². The molecule has 0 radical (unpaired) electrons. The second-order valence-electron chi connectivity index (χ2n) is 7.14. The molecular weight excluding hydrogens is 338 g/mol. The lowest BCUT2D eigenvalue weighted by molar-refractivity contribution is 0.556. The Morgan fingerprint density at radius 1 is 0.741 bits per heavy atom. The fraction of sp³-hybridized carbons (Fsp3) is 0.500. The van der Waals surface area contributed by atoms with E-state index < -0.39 is 0 Å². The summed E-state index contributed by atoms with van der Waals surface area (Å²) in [6.45, 7) is 4.04. The molecule has 1 N–H and O–H groups in total. The van der Waals surface area contributed by atoms with Crippen LogP contribution in [0.5, 0.6) is 0 Å². The van der Waals surface area contributed by atoms with Crippen molar-refractivity contribution in [1.29, 1.82) is 0 Å². The van der Waals surface area contributed by atoms with E-state index in [1.807, 2.05) is 30.3 Å². The summed E-state index contributed by atoms with van der Waals surface area (Å²) < 4.78 is 0. The van der Waals surface area contributed by atoms with E-state index in [0.29, 0.717) is 5.95 Å². The van der Waals surface area contributed by atoms with Gasteiger partial charge in [0.2, 0.25) is 17.8 Å². The van der Waals surface area contributed by atoms with E-state index in [1.165, 1.54) is 38.5 Å². The Hall–Kier alpha value is -2.70. The molecule has 7 nitrogen and oxygen atoms in total. The van der Waals surface area contributed by atoms with Crippen LogP contribution in [0.2, 0.25) is 0 Å². The Balaban J connectivity index is 1.55. The Labute approximate surface area is 160 Å². The summed E-state index contributed by atoms with van der Waals surface area (Å²) >= 11 is 0. The standard InChI is InChI=1S/C20H27N7/c1-4-10-17(11-5-1)16-21-25-18-22-19(26-12-6-2-7-13-26)24-20(23-18)27-14-8-3-9-15-27/h1,4-5,10-11,16H,2-3,6-9,12-15H2,(H,22,23,24,25). The quantitative estimate of drug-likeness (QED) is 0.648. The second-order valence-corrected chi connectivity index (χ2v) is 7.14. The minimum Gasteiger partial charge on any atom is -0.341 e. The van der Waals surface area contributed by atoms with E-state index >= 15 is 0 Å². The third-order valence-electron chi connectivity index (χ3n) is 5.07. The molecule has 0 unspecified atom stereocenters. The molecule has 2 aromatic rings. The van der Waals surface area contributed by atoms with Crippen LogP contribution in [0.4, 0.5) is 17.8 Å². The molecule has 0 amide bonds. The van der Waals surface area contributed by atoms with Crippen LogP contribution in [0.1, 0.15) is 44.1 Å². The van der Waals surface area contributed by atoms with Gasteiger partial charge in [-0.05, 0) is 44.1 Å². The Kier molecular flexibility index (Phi) is 5.76. The Bertz CT molecular complexity index is 714. The highest BCUT2D eigenvalue weighted by Crippen LogP contribution is 2.22. The maximum Gasteiger partial charge on any atom is 0.250 e. The first-order chi connectivity index (χ1) is 13.4. The maximum absolute atomic E-state index is 4.78. The topological polar surface area (TPSA) is 69.5 Å². The first-order valence-corrected chi connectivity index (χ1v) is 9.98. The number of anilines is 3. The molecule has 3 heterocycles. The zero-order valence-corrected chi connectivity index (χ0v) is 15.7. The average Bonchev–Trinajstić information content (AvgIpc) is 2.76. The number of piperidine rings is 2. The second kappa shape index (κ2) is 8.79. The molecule has 7 heteroatoms. The fourth-order valence-electron chi connectivity index (χ4n) is 3.58. The van der Waals surface area contributed by atoms with Gasteiger partial charge in [0.25, 0.3) is 0 Å². The number of rotatable bonds is 5. The molecule has 1 aromatic heterocycles. The lowest BCUT2D eigenvalue weighted by Crippen LogP contribution is -2.34. The third-order valence-corrected chi connectivity index (χ3v) is 5.07. The predicted molar refractivity (Wildman–Crippen MR) is 110 cm³/mol. The van der Waals surface area contributed by atoms with Crippen LogP contribution in [0.3, 0.4) is 0 Å². The number of nitrogens with zero attached hydrogens (tertiary/aromatic N) is 6. The fourth-order valence-corrected chi connectivity index (χ4v) is 3.58. The van der Waals surface area contributed by atoms with Gasteiger partial charge >= 0.3 is 0 Å². The van der Waals surface area contributed by atoms with Crippen LogP contribution < -0.4 is 15.2 Å². The van der Waals surface area contributed by atoms with Crippen LogP contribution in [0.15, 0.2) is 35.4 Å². The van der Waals surface area contributed by atoms with Gasteiger partial charge in [0.15, 0.2) is 0 Å². The molecule has 0 saturated carbocycles. The zero-order chi connectivity index (χ0) is 18.3. The largest absolute Gasteiger partial charge is 0.341 e. The van der Waals surface area contributed by atoms with E-state index in [2.05, 4.69) is 30.3 Å². The Morgan fingerprint density at radius 3 is 1.85 bits per heavy atom. The number of hydrazone groups is 1. The highest BCUT2D eigenvalue weighted by Gasteiger charge is 2.20. The zero-order valence-electron chi connectivity index (χ0n) is 15.7. The number of hydrogen-bond acceptors (Lipinski definition) is 7. The van der Waals surface area contributed by atoms with Crippen molar-refractivity contribution in [3.63, 3.8) is 0 Å². The summed E-state index contributed by atoms with van der Waals surface area (Å²) in [5.74, 6) is 2.05. The van der Waals surface area contributed by atoms with E-state index in [1.54, 1.807) is 6.21 Å². The van der Waals surface area contributed by atoms with Crippen LogP contribution in [0, 0.1) is 0 Å². The molecule has 0 aliphatic carbocycles. The van der Waals surface area contributed by atoms with E-state index in [4.69, 9.17) is 4.98 Å². The molecule has 2 aliphatic rings. The summed E-state index contributed by atoms with van der Waals surface area (Å²) in [7, 11) is 0. The van der Waals surface area contributed by atoms with Gasteiger partial charge in [-0.1, -0.05) is 30.3 Å². The summed E-state index contributed by atoms with van der Waals surface area (Å²) in [5.41, 5.74) is 4.04. The van der Waals surface area contributed by atoms with Crippen molar-refractivity contribution in [2.24, 2.45) is 5.10 Å². The van der Waals surface area contributed by atoms with Gasteiger partial charge in [-0.2, -0.15) is 20.1 Å². The molecule has 0 atom stereocenters. The highest BCUT2D eigenvalue weighted by atomic mass is 15.4. The first-order valence-electron chi connectivity index (χ1n) is 9.98. The van der Waals surface area contributed by atoms with Crippen molar-refractivity contribution in [1.82, 2.24) is 15.0 Å². The third kappa shape index (κ3) is 4.72. The molecule has 1 aromatic carbocycles. The molecule has 2 fully saturated rings. The summed E-state index contributed by atoms with van der Waals surface area (Å²) in [6, 6.07) is 10.0.